The number of nitrogens with one attached hydrogen (secondary N) is 1. The topological polar surface area (TPSA) is 62.3 Å². The first-order valence-electron chi connectivity index (χ1n) is 7.15. The molecule has 0 saturated carbocycles. The molecule has 1 N–H and O–H groups in total. The lowest BCUT2D eigenvalue weighted by Gasteiger charge is -2.24. The average Bonchev–Trinajstić information content (AvgIpc) is 2.47. The van der Waals surface area contributed by atoms with Gasteiger partial charge < -0.3 is 5.32 Å². The van der Waals surface area contributed by atoms with E-state index in [9.17, 15) is 8.42 Å². The molecule has 5 nitrogen and oxygen atoms in total. The van der Waals surface area contributed by atoms with E-state index in [0.29, 0.717) is 19.0 Å². The van der Waals surface area contributed by atoms with Crippen LogP contribution < -0.4 is 5.32 Å². The van der Waals surface area contributed by atoms with Crippen molar-refractivity contribution < 1.29 is 8.42 Å². The summed E-state index contributed by atoms with van der Waals surface area (Å²) in [7, 11) is -1.58. The smallest absolute Gasteiger partial charge is 0.214 e. The van der Waals surface area contributed by atoms with Crippen LogP contribution in [0.4, 0.5) is 0 Å². The Morgan fingerprint density at radius 3 is 2.90 bits per heavy atom. The minimum absolute atomic E-state index is 0.202. The molecule has 0 radical (unpaired) electrons. The van der Waals surface area contributed by atoms with E-state index >= 15 is 0 Å². The minimum atomic E-state index is -3.20. The molecule has 6 heteroatoms. The standard InChI is InChI=1S/C14H23N3O2S/c1-17(12-14-7-3-5-10-16-14)20(18,19)11-8-13-6-2-4-9-15-13/h3,5,7,10,13,15H,2,4,6,8-9,11-12H2,1H3. The van der Waals surface area contributed by atoms with Crippen molar-refractivity contribution in [3.05, 3.63) is 30.1 Å². The van der Waals surface area contributed by atoms with Crippen LogP contribution in [0.25, 0.3) is 0 Å². The van der Waals surface area contributed by atoms with Crippen molar-refractivity contribution in [2.24, 2.45) is 0 Å². The van der Waals surface area contributed by atoms with E-state index in [0.717, 1.165) is 18.7 Å². The van der Waals surface area contributed by atoms with Gasteiger partial charge in [0.1, 0.15) is 0 Å². The summed E-state index contributed by atoms with van der Waals surface area (Å²) >= 11 is 0. The second-order valence-electron chi connectivity index (χ2n) is 5.33. The maximum atomic E-state index is 12.2. The van der Waals surface area contributed by atoms with E-state index in [-0.39, 0.29) is 5.75 Å². The predicted octanol–water partition coefficient (Wildman–Crippen LogP) is 1.38. The van der Waals surface area contributed by atoms with Gasteiger partial charge in [-0.1, -0.05) is 12.5 Å². The molecular weight excluding hydrogens is 274 g/mol. The van der Waals surface area contributed by atoms with E-state index in [1.54, 1.807) is 13.2 Å². The fourth-order valence-electron chi connectivity index (χ4n) is 2.44. The third-order valence-electron chi connectivity index (χ3n) is 3.72. The predicted molar refractivity (Wildman–Crippen MR) is 79.7 cm³/mol. The summed E-state index contributed by atoms with van der Waals surface area (Å²) < 4.78 is 25.9. The minimum Gasteiger partial charge on any atom is -0.314 e. The van der Waals surface area contributed by atoms with Gasteiger partial charge in [-0.2, -0.15) is 4.31 Å². The molecule has 0 amide bonds. The SMILES string of the molecule is CN(Cc1ccccn1)S(=O)(=O)CCC1CCCCN1. The summed E-state index contributed by atoms with van der Waals surface area (Å²) in [6, 6.07) is 5.89. The van der Waals surface area contributed by atoms with Crippen LogP contribution >= 0.6 is 0 Å². The first-order chi connectivity index (χ1) is 9.58. The second-order valence-corrected chi connectivity index (χ2v) is 7.52. The lowest BCUT2D eigenvalue weighted by atomic mass is 10.0. The molecule has 0 spiro atoms. The fourth-order valence-corrected chi connectivity index (χ4v) is 3.66. The number of aromatic nitrogens is 1. The number of nitrogens with zero attached hydrogens (tertiary/aromatic N) is 2. The van der Waals surface area contributed by atoms with Gasteiger partial charge in [0.25, 0.3) is 0 Å². The lowest BCUT2D eigenvalue weighted by molar-refractivity contribution is 0.388. The summed E-state index contributed by atoms with van der Waals surface area (Å²) in [5, 5.41) is 3.38. The number of sulfonamides is 1. The number of hydrogen-bond acceptors (Lipinski definition) is 4. The van der Waals surface area contributed by atoms with Crippen LogP contribution in [0.3, 0.4) is 0 Å². The quantitative estimate of drug-likeness (QED) is 0.861. The molecule has 20 heavy (non-hydrogen) atoms. The van der Waals surface area contributed by atoms with E-state index in [2.05, 4.69) is 10.3 Å². The maximum Gasteiger partial charge on any atom is 0.214 e. The Morgan fingerprint density at radius 1 is 1.40 bits per heavy atom. The molecule has 1 saturated heterocycles. The van der Waals surface area contributed by atoms with Crippen molar-refractivity contribution in [2.45, 2.75) is 38.3 Å². The zero-order valence-corrected chi connectivity index (χ0v) is 12.8. The van der Waals surface area contributed by atoms with Gasteiger partial charge in [0.2, 0.25) is 10.0 Å². The van der Waals surface area contributed by atoms with Crippen LogP contribution in [0.5, 0.6) is 0 Å². The molecule has 2 heterocycles. The Balaban J connectivity index is 1.85. The van der Waals surface area contributed by atoms with Crippen LogP contribution in [0.15, 0.2) is 24.4 Å². The zero-order valence-electron chi connectivity index (χ0n) is 12.0. The van der Waals surface area contributed by atoms with E-state index < -0.39 is 10.0 Å². The van der Waals surface area contributed by atoms with Gasteiger partial charge in [0.15, 0.2) is 0 Å². The molecule has 1 fully saturated rings. The Bertz CT molecular complexity index is 498. The van der Waals surface area contributed by atoms with E-state index in [4.69, 9.17) is 0 Å². The highest BCUT2D eigenvalue weighted by Crippen LogP contribution is 2.13. The van der Waals surface area contributed by atoms with Crippen LogP contribution in [0, 0.1) is 0 Å². The van der Waals surface area contributed by atoms with Crippen molar-refractivity contribution >= 4 is 10.0 Å². The Morgan fingerprint density at radius 2 is 2.25 bits per heavy atom. The largest absolute Gasteiger partial charge is 0.314 e. The lowest BCUT2D eigenvalue weighted by Crippen LogP contribution is -2.37. The Labute approximate surface area is 121 Å². The van der Waals surface area contributed by atoms with Gasteiger partial charge in [-0.3, -0.25) is 4.98 Å². The molecule has 0 aromatic carbocycles. The first kappa shape index (κ1) is 15.4. The number of rotatable bonds is 6. The summed E-state index contributed by atoms with van der Waals surface area (Å²) in [5.74, 6) is 0.202. The van der Waals surface area contributed by atoms with Crippen LogP contribution in [-0.4, -0.2) is 43.1 Å². The zero-order chi connectivity index (χ0) is 14.4. The van der Waals surface area contributed by atoms with Crippen molar-refractivity contribution in [1.82, 2.24) is 14.6 Å². The Hall–Kier alpha value is -0.980. The highest BCUT2D eigenvalue weighted by atomic mass is 32.2. The third-order valence-corrected chi connectivity index (χ3v) is 5.55. The van der Waals surface area contributed by atoms with Gasteiger partial charge in [-0.25, -0.2) is 8.42 Å². The van der Waals surface area contributed by atoms with E-state index in [1.807, 2.05) is 18.2 Å². The highest BCUT2D eigenvalue weighted by Gasteiger charge is 2.21. The van der Waals surface area contributed by atoms with Crippen molar-refractivity contribution in [3.8, 4) is 0 Å². The molecular formula is C14H23N3O2S. The van der Waals surface area contributed by atoms with Crippen LogP contribution in [0.2, 0.25) is 0 Å². The molecule has 1 atom stereocenters. The van der Waals surface area contributed by atoms with Crippen molar-refractivity contribution in [3.63, 3.8) is 0 Å². The monoisotopic (exact) mass is 297 g/mol. The number of pyridine rings is 1. The number of piperidine rings is 1. The summed E-state index contributed by atoms with van der Waals surface area (Å²) in [4.78, 5) is 4.16. The summed E-state index contributed by atoms with van der Waals surface area (Å²) in [6.45, 7) is 1.34. The molecule has 0 aliphatic carbocycles. The van der Waals surface area contributed by atoms with Crippen molar-refractivity contribution in [1.29, 1.82) is 0 Å². The second kappa shape index (κ2) is 7.15. The van der Waals surface area contributed by atoms with Gasteiger partial charge in [-0.05, 0) is 37.9 Å². The molecule has 1 aromatic heterocycles. The highest BCUT2D eigenvalue weighted by molar-refractivity contribution is 7.89. The van der Waals surface area contributed by atoms with Crippen LogP contribution in [-0.2, 0) is 16.6 Å². The third kappa shape index (κ3) is 4.54. The molecule has 2 rings (SSSR count). The van der Waals surface area contributed by atoms with Gasteiger partial charge in [0, 0.05) is 19.3 Å². The molecule has 1 aliphatic rings. The molecule has 1 aliphatic heterocycles. The molecule has 1 unspecified atom stereocenters. The molecule has 112 valence electrons. The average molecular weight is 297 g/mol. The fraction of sp³-hybridized carbons (Fsp3) is 0.643. The summed E-state index contributed by atoms with van der Waals surface area (Å²) in [6.07, 6.45) is 5.85. The molecule has 1 aromatic rings. The van der Waals surface area contributed by atoms with Gasteiger partial charge in [0.05, 0.1) is 18.0 Å². The first-order valence-corrected chi connectivity index (χ1v) is 8.76. The van der Waals surface area contributed by atoms with Crippen molar-refractivity contribution in [2.75, 3.05) is 19.3 Å². The van der Waals surface area contributed by atoms with Gasteiger partial charge in [-0.15, -0.1) is 0 Å². The van der Waals surface area contributed by atoms with Gasteiger partial charge >= 0.3 is 0 Å². The maximum absolute atomic E-state index is 12.2. The van der Waals surface area contributed by atoms with E-state index in [1.165, 1.54) is 17.1 Å². The summed E-state index contributed by atoms with van der Waals surface area (Å²) in [5.41, 5.74) is 0.773. The Kier molecular flexibility index (Phi) is 5.51. The number of hydrogen-bond donors (Lipinski definition) is 1. The normalized spacial score (nSPS) is 20.2. The van der Waals surface area contributed by atoms with Crippen LogP contribution in [0.1, 0.15) is 31.4 Å². The molecule has 0 bridgehead atoms.